The number of hydrogen-bond donors (Lipinski definition) is 1. The Bertz CT molecular complexity index is 1520. The Morgan fingerprint density at radius 3 is 2.28 bits per heavy atom. The zero-order valence-electron chi connectivity index (χ0n) is 17.2. The number of amides is 1. The van der Waals surface area contributed by atoms with Gasteiger partial charge in [-0.2, -0.15) is 0 Å². The summed E-state index contributed by atoms with van der Waals surface area (Å²) in [5.74, 6) is -0.767. The smallest absolute Gasteiger partial charge is 0.251 e. The summed E-state index contributed by atoms with van der Waals surface area (Å²) >= 11 is 0. The summed E-state index contributed by atoms with van der Waals surface area (Å²) in [6.45, 7) is 1.87. The molecule has 4 aromatic rings. The molecule has 0 fully saturated rings. The van der Waals surface area contributed by atoms with Gasteiger partial charge in [0.15, 0.2) is 5.78 Å². The molecule has 0 bridgehead atoms. The molecule has 5 rings (SSSR count). The summed E-state index contributed by atoms with van der Waals surface area (Å²) in [6.07, 6.45) is 0. The quantitative estimate of drug-likeness (QED) is 0.440. The molecular weight excluding hydrogens is 422 g/mol. The Morgan fingerprint density at radius 2 is 1.47 bits per heavy atom. The highest BCUT2D eigenvalue weighted by molar-refractivity contribution is 7.91. The highest BCUT2D eigenvalue weighted by Gasteiger charge is 2.35. The fraction of sp³-hybridized carbons (Fsp3) is 0.0769. The lowest BCUT2D eigenvalue weighted by atomic mass is 10.0. The van der Waals surface area contributed by atoms with Crippen LogP contribution in [0.2, 0.25) is 0 Å². The Balaban J connectivity index is 1.46. The van der Waals surface area contributed by atoms with Gasteiger partial charge in [-0.25, -0.2) is 8.42 Å². The van der Waals surface area contributed by atoms with E-state index in [4.69, 9.17) is 0 Å². The molecule has 4 aromatic carbocycles. The fourth-order valence-electron chi connectivity index (χ4n) is 4.07. The van der Waals surface area contributed by atoms with E-state index in [1.54, 1.807) is 12.1 Å². The number of carbonyl (C=O) groups excluding carboxylic acids is 2. The van der Waals surface area contributed by atoms with Gasteiger partial charge in [-0.15, -0.1) is 0 Å². The summed E-state index contributed by atoms with van der Waals surface area (Å²) in [7, 11) is -3.90. The minimum Gasteiger partial charge on any atom is -0.346 e. The highest BCUT2D eigenvalue weighted by Crippen LogP contribution is 2.34. The van der Waals surface area contributed by atoms with Crippen molar-refractivity contribution >= 4 is 32.3 Å². The van der Waals surface area contributed by atoms with Gasteiger partial charge in [0, 0.05) is 16.7 Å². The summed E-state index contributed by atoms with van der Waals surface area (Å²) in [5, 5.41) is 5.11. The van der Waals surface area contributed by atoms with Crippen molar-refractivity contribution in [3.63, 3.8) is 0 Å². The van der Waals surface area contributed by atoms with Crippen LogP contribution >= 0.6 is 0 Å². The normalized spacial score (nSPS) is 15.0. The number of hydrogen-bond acceptors (Lipinski definition) is 4. The van der Waals surface area contributed by atoms with Crippen molar-refractivity contribution < 1.29 is 18.0 Å². The molecule has 1 unspecified atom stereocenters. The first-order valence-corrected chi connectivity index (χ1v) is 11.7. The minimum atomic E-state index is -3.90. The predicted molar refractivity (Wildman–Crippen MR) is 122 cm³/mol. The average Bonchev–Trinajstić information content (AvgIpc) is 2.82. The maximum Gasteiger partial charge on any atom is 0.251 e. The largest absolute Gasteiger partial charge is 0.346 e. The maximum absolute atomic E-state index is 13.1. The topological polar surface area (TPSA) is 80.3 Å². The summed E-state index contributed by atoms with van der Waals surface area (Å²) in [5.41, 5.74) is 1.36. The lowest BCUT2D eigenvalue weighted by Crippen LogP contribution is -2.27. The van der Waals surface area contributed by atoms with Gasteiger partial charge in [0.1, 0.15) is 0 Å². The van der Waals surface area contributed by atoms with Crippen LogP contribution in [-0.4, -0.2) is 20.1 Å². The first-order chi connectivity index (χ1) is 15.4. The first-order valence-electron chi connectivity index (χ1n) is 10.2. The van der Waals surface area contributed by atoms with Gasteiger partial charge >= 0.3 is 0 Å². The highest BCUT2D eigenvalue weighted by atomic mass is 32.2. The van der Waals surface area contributed by atoms with Crippen LogP contribution in [0, 0.1) is 0 Å². The molecule has 0 radical (unpaired) electrons. The molecule has 0 saturated carbocycles. The van der Waals surface area contributed by atoms with Crippen LogP contribution in [0.15, 0.2) is 94.7 Å². The summed E-state index contributed by atoms with van der Waals surface area (Å²) in [4.78, 5) is 25.5. The predicted octanol–water partition coefficient (Wildman–Crippen LogP) is 4.71. The van der Waals surface area contributed by atoms with E-state index in [9.17, 15) is 18.0 Å². The van der Waals surface area contributed by atoms with Crippen LogP contribution in [-0.2, 0) is 9.84 Å². The van der Waals surface area contributed by atoms with Gasteiger partial charge in [0.05, 0.1) is 15.8 Å². The molecule has 1 aliphatic rings. The van der Waals surface area contributed by atoms with E-state index in [0.29, 0.717) is 0 Å². The van der Waals surface area contributed by atoms with E-state index in [2.05, 4.69) is 5.32 Å². The van der Waals surface area contributed by atoms with Crippen LogP contribution in [0.4, 0.5) is 0 Å². The van der Waals surface area contributed by atoms with Crippen LogP contribution in [0.3, 0.4) is 0 Å². The number of benzene rings is 4. The van der Waals surface area contributed by atoms with Crippen LogP contribution in [0.5, 0.6) is 0 Å². The third-order valence-corrected chi connectivity index (χ3v) is 7.67. The van der Waals surface area contributed by atoms with Gasteiger partial charge in [-0.3, -0.25) is 9.59 Å². The van der Waals surface area contributed by atoms with Crippen molar-refractivity contribution in [3.05, 3.63) is 107 Å². The fourth-order valence-corrected chi connectivity index (χ4v) is 5.74. The Morgan fingerprint density at radius 1 is 0.781 bits per heavy atom. The zero-order valence-corrected chi connectivity index (χ0v) is 18.0. The number of ketones is 1. The third-order valence-electron chi connectivity index (χ3n) is 5.82. The standard InChI is InChI=1S/C26H19NO4S/c1-16(18-11-10-17-6-2-3-7-19(17)14-18)27-26(29)20-12-13-22-24(15-20)32(30,31)23-9-5-4-8-21(23)25(22)28/h2-16H,1H3,(H,27,29). The van der Waals surface area contributed by atoms with Crippen molar-refractivity contribution in [3.8, 4) is 0 Å². The summed E-state index contributed by atoms with van der Waals surface area (Å²) in [6, 6.07) is 24.0. The monoisotopic (exact) mass is 441 g/mol. The molecule has 6 heteroatoms. The SMILES string of the molecule is CC(NC(=O)c1ccc2c(c1)S(=O)(=O)c1ccccc1C2=O)c1ccc2ccccc2c1. The maximum atomic E-state index is 13.1. The number of sulfone groups is 1. The van der Waals surface area contributed by atoms with E-state index >= 15 is 0 Å². The van der Waals surface area contributed by atoms with Gasteiger partial charge in [-0.05, 0) is 59.7 Å². The molecule has 32 heavy (non-hydrogen) atoms. The second kappa shape index (κ2) is 7.43. The molecule has 5 nitrogen and oxygen atoms in total. The first kappa shape index (κ1) is 20.2. The van der Waals surface area contributed by atoms with Crippen LogP contribution in [0.1, 0.15) is 44.8 Å². The molecular formula is C26H19NO4S. The van der Waals surface area contributed by atoms with Crippen LogP contribution < -0.4 is 5.32 Å². The summed E-state index contributed by atoms with van der Waals surface area (Å²) < 4.78 is 26.2. The van der Waals surface area contributed by atoms with Crippen LogP contribution in [0.25, 0.3) is 10.8 Å². The molecule has 1 aliphatic heterocycles. The molecule has 1 amide bonds. The minimum absolute atomic E-state index is 0.0282. The molecule has 158 valence electrons. The van der Waals surface area contributed by atoms with E-state index in [-0.39, 0.29) is 38.3 Å². The Labute approximate surface area is 185 Å². The van der Waals surface area contributed by atoms with Gasteiger partial charge in [-0.1, -0.05) is 48.5 Å². The van der Waals surface area contributed by atoms with E-state index in [0.717, 1.165) is 16.3 Å². The van der Waals surface area contributed by atoms with Gasteiger partial charge in [0.2, 0.25) is 9.84 Å². The zero-order chi connectivity index (χ0) is 22.5. The number of nitrogens with one attached hydrogen (secondary N) is 1. The number of carbonyl (C=O) groups is 2. The lowest BCUT2D eigenvalue weighted by molar-refractivity contribution is 0.0938. The molecule has 1 N–H and O–H groups in total. The molecule has 0 spiro atoms. The molecule has 0 aliphatic carbocycles. The second-order valence-corrected chi connectivity index (χ2v) is 9.73. The van der Waals surface area contributed by atoms with Crippen molar-refractivity contribution in [1.29, 1.82) is 0 Å². The average molecular weight is 442 g/mol. The van der Waals surface area contributed by atoms with E-state index in [1.807, 2.05) is 49.4 Å². The number of fused-ring (bicyclic) bond motifs is 3. The molecule has 1 heterocycles. The second-order valence-electron chi connectivity index (χ2n) is 7.84. The van der Waals surface area contributed by atoms with Crippen molar-refractivity contribution in [2.75, 3.05) is 0 Å². The van der Waals surface area contributed by atoms with E-state index < -0.39 is 15.7 Å². The van der Waals surface area contributed by atoms with E-state index in [1.165, 1.54) is 30.3 Å². The van der Waals surface area contributed by atoms with Crippen molar-refractivity contribution in [2.45, 2.75) is 22.8 Å². The lowest BCUT2D eigenvalue weighted by Gasteiger charge is -2.20. The number of rotatable bonds is 3. The molecule has 0 saturated heterocycles. The Hall–Kier alpha value is -3.77. The van der Waals surface area contributed by atoms with Gasteiger partial charge in [0.25, 0.3) is 5.91 Å². The van der Waals surface area contributed by atoms with Crippen molar-refractivity contribution in [1.82, 2.24) is 5.32 Å². The van der Waals surface area contributed by atoms with Crippen molar-refractivity contribution in [2.24, 2.45) is 0 Å². The molecule has 1 atom stereocenters. The Kier molecular flexibility index (Phi) is 4.68. The molecule has 0 aromatic heterocycles. The van der Waals surface area contributed by atoms with Gasteiger partial charge < -0.3 is 5.32 Å². The third kappa shape index (κ3) is 3.20.